The molecular formula is C15H13F2NO5. The normalized spacial score (nSPS) is 11.8. The van der Waals surface area contributed by atoms with Gasteiger partial charge in [-0.05, 0) is 12.1 Å². The minimum atomic E-state index is -1.38. The Morgan fingerprint density at radius 3 is 2.57 bits per heavy atom. The molecule has 0 aliphatic carbocycles. The third-order valence-electron chi connectivity index (χ3n) is 3.08. The average molecular weight is 325 g/mol. The maximum Gasteiger partial charge on any atom is 0.273 e. The topological polar surface area (TPSA) is 81.8 Å². The summed E-state index contributed by atoms with van der Waals surface area (Å²) in [6, 6.07) is 6.47. The van der Waals surface area contributed by atoms with Crippen molar-refractivity contribution >= 4 is 5.69 Å². The second-order valence-corrected chi connectivity index (χ2v) is 4.58. The number of nitro benzene ring substituents is 1. The summed E-state index contributed by atoms with van der Waals surface area (Å²) in [5, 5.41) is 20.7. The number of hydrogen-bond acceptors (Lipinski definition) is 5. The van der Waals surface area contributed by atoms with Gasteiger partial charge in [0.25, 0.3) is 5.69 Å². The summed E-state index contributed by atoms with van der Waals surface area (Å²) in [4.78, 5) is 10.2. The number of nitrogens with zero attached hydrogens (tertiary/aromatic N) is 1. The van der Waals surface area contributed by atoms with Crippen molar-refractivity contribution < 1.29 is 28.3 Å². The van der Waals surface area contributed by atoms with Crippen LogP contribution in [0.3, 0.4) is 0 Å². The van der Waals surface area contributed by atoms with Crippen molar-refractivity contribution in [2.24, 2.45) is 0 Å². The first-order valence-electron chi connectivity index (χ1n) is 6.50. The van der Waals surface area contributed by atoms with Crippen LogP contribution < -0.4 is 9.47 Å². The fourth-order valence-corrected chi connectivity index (χ4v) is 1.92. The molecule has 2 rings (SSSR count). The average Bonchev–Trinajstić information content (AvgIpc) is 2.52. The number of methoxy groups -OCH3 is 1. The van der Waals surface area contributed by atoms with E-state index in [0.29, 0.717) is 6.07 Å². The highest BCUT2D eigenvalue weighted by Crippen LogP contribution is 2.32. The number of benzene rings is 2. The molecule has 0 saturated heterocycles. The fourth-order valence-electron chi connectivity index (χ4n) is 1.92. The van der Waals surface area contributed by atoms with Crippen molar-refractivity contribution in [3.63, 3.8) is 0 Å². The number of non-ortho nitro benzene ring substituents is 1. The predicted molar refractivity (Wildman–Crippen MR) is 76.5 cm³/mol. The highest BCUT2D eigenvalue weighted by Gasteiger charge is 2.17. The van der Waals surface area contributed by atoms with Crippen LogP contribution in [0.4, 0.5) is 14.5 Å². The van der Waals surface area contributed by atoms with E-state index < -0.39 is 22.7 Å². The van der Waals surface area contributed by atoms with Crippen molar-refractivity contribution in [1.29, 1.82) is 0 Å². The van der Waals surface area contributed by atoms with Crippen LogP contribution in [0.15, 0.2) is 36.4 Å². The summed E-state index contributed by atoms with van der Waals surface area (Å²) < 4.78 is 36.7. The van der Waals surface area contributed by atoms with E-state index in [1.807, 2.05) is 0 Å². The number of rotatable bonds is 6. The number of aliphatic hydroxyl groups is 1. The lowest BCUT2D eigenvalue weighted by Crippen LogP contribution is -2.12. The lowest BCUT2D eigenvalue weighted by Gasteiger charge is -2.15. The Hall–Kier alpha value is -2.74. The van der Waals surface area contributed by atoms with Crippen LogP contribution in [0.5, 0.6) is 11.5 Å². The molecule has 0 aromatic heterocycles. The number of aliphatic hydroxyl groups excluding tert-OH is 1. The molecule has 0 spiro atoms. The van der Waals surface area contributed by atoms with Crippen LogP contribution >= 0.6 is 0 Å². The molecule has 1 atom stereocenters. The number of ether oxygens (including phenoxy) is 2. The van der Waals surface area contributed by atoms with Gasteiger partial charge in [-0.25, -0.2) is 8.78 Å². The van der Waals surface area contributed by atoms with Crippen LogP contribution in [0.2, 0.25) is 0 Å². The van der Waals surface area contributed by atoms with Crippen LogP contribution in [0, 0.1) is 21.7 Å². The Morgan fingerprint density at radius 2 is 1.96 bits per heavy atom. The molecule has 2 aromatic carbocycles. The Kier molecular flexibility index (Phi) is 5.07. The van der Waals surface area contributed by atoms with Gasteiger partial charge in [-0.2, -0.15) is 0 Å². The molecule has 2 aromatic rings. The molecule has 0 aliphatic rings. The quantitative estimate of drug-likeness (QED) is 0.652. The second-order valence-electron chi connectivity index (χ2n) is 4.58. The maximum absolute atomic E-state index is 13.6. The van der Waals surface area contributed by atoms with Crippen LogP contribution in [-0.2, 0) is 0 Å². The van der Waals surface area contributed by atoms with Crippen molar-refractivity contribution in [2.75, 3.05) is 13.7 Å². The van der Waals surface area contributed by atoms with E-state index in [0.717, 1.165) is 18.2 Å². The second kappa shape index (κ2) is 7.01. The zero-order valence-corrected chi connectivity index (χ0v) is 12.0. The van der Waals surface area contributed by atoms with Gasteiger partial charge in [-0.15, -0.1) is 0 Å². The van der Waals surface area contributed by atoms with E-state index in [1.54, 1.807) is 0 Å². The van der Waals surface area contributed by atoms with Gasteiger partial charge in [-0.3, -0.25) is 10.1 Å². The number of hydrogen-bond donors (Lipinski definition) is 1. The van der Waals surface area contributed by atoms with E-state index in [2.05, 4.69) is 0 Å². The fraction of sp³-hybridized carbons (Fsp3) is 0.200. The summed E-state index contributed by atoms with van der Waals surface area (Å²) in [6.07, 6.45) is -1.38. The van der Waals surface area contributed by atoms with Crippen molar-refractivity contribution in [2.45, 2.75) is 6.10 Å². The number of halogens is 2. The first-order valence-corrected chi connectivity index (χ1v) is 6.50. The molecule has 0 heterocycles. The van der Waals surface area contributed by atoms with Gasteiger partial charge in [0.2, 0.25) is 0 Å². The Labute approximate surface area is 130 Å². The van der Waals surface area contributed by atoms with Crippen molar-refractivity contribution in [3.05, 3.63) is 63.7 Å². The first-order chi connectivity index (χ1) is 10.9. The molecule has 0 bridgehead atoms. The first kappa shape index (κ1) is 16.6. The molecule has 6 nitrogen and oxygen atoms in total. The molecule has 1 N–H and O–H groups in total. The van der Waals surface area contributed by atoms with E-state index >= 15 is 0 Å². The predicted octanol–water partition coefficient (Wildman–Crippen LogP) is 2.99. The van der Waals surface area contributed by atoms with E-state index in [-0.39, 0.29) is 29.4 Å². The Bertz CT molecular complexity index is 723. The summed E-state index contributed by atoms with van der Waals surface area (Å²) in [5.41, 5.74) is -0.362. The van der Waals surface area contributed by atoms with Gasteiger partial charge in [0, 0.05) is 17.7 Å². The molecule has 0 amide bonds. The van der Waals surface area contributed by atoms with E-state index in [1.165, 1.54) is 19.2 Å². The monoisotopic (exact) mass is 325 g/mol. The van der Waals surface area contributed by atoms with E-state index in [4.69, 9.17) is 9.47 Å². The van der Waals surface area contributed by atoms with Gasteiger partial charge in [0.1, 0.15) is 24.3 Å². The van der Waals surface area contributed by atoms with Crippen LogP contribution in [0.1, 0.15) is 11.7 Å². The lowest BCUT2D eigenvalue weighted by molar-refractivity contribution is -0.385. The minimum Gasteiger partial charge on any atom is -0.493 e. The van der Waals surface area contributed by atoms with Gasteiger partial charge in [-0.1, -0.05) is 6.07 Å². The summed E-state index contributed by atoms with van der Waals surface area (Å²) in [7, 11) is 1.35. The molecule has 0 fully saturated rings. The smallest absolute Gasteiger partial charge is 0.273 e. The highest BCUT2D eigenvalue weighted by atomic mass is 19.1. The van der Waals surface area contributed by atoms with Crippen LogP contribution in [-0.4, -0.2) is 23.7 Å². The van der Waals surface area contributed by atoms with Gasteiger partial charge >= 0.3 is 0 Å². The molecule has 0 aliphatic heterocycles. The van der Waals surface area contributed by atoms with Gasteiger partial charge < -0.3 is 14.6 Å². The van der Waals surface area contributed by atoms with Gasteiger partial charge in [0.15, 0.2) is 11.5 Å². The minimum absolute atomic E-state index is 0.0308. The Morgan fingerprint density at radius 1 is 1.22 bits per heavy atom. The third-order valence-corrected chi connectivity index (χ3v) is 3.08. The van der Waals surface area contributed by atoms with Gasteiger partial charge in [0.05, 0.1) is 18.1 Å². The lowest BCUT2D eigenvalue weighted by atomic mass is 10.1. The van der Waals surface area contributed by atoms with Crippen molar-refractivity contribution in [1.82, 2.24) is 0 Å². The van der Waals surface area contributed by atoms with E-state index in [9.17, 15) is 24.0 Å². The Balaban J connectivity index is 2.16. The molecule has 0 saturated carbocycles. The zero-order valence-electron chi connectivity index (χ0n) is 12.0. The molecule has 0 radical (unpaired) electrons. The molecule has 8 heteroatoms. The summed E-state index contributed by atoms with van der Waals surface area (Å²) in [5.74, 6) is -1.42. The van der Waals surface area contributed by atoms with Crippen molar-refractivity contribution in [3.8, 4) is 11.5 Å². The SMILES string of the molecule is COc1ccc([N+](=O)[O-])cc1OCC(O)c1ccc(F)cc1F. The molecular weight excluding hydrogens is 312 g/mol. The third kappa shape index (κ3) is 3.92. The molecule has 122 valence electrons. The number of nitro groups is 1. The maximum atomic E-state index is 13.6. The molecule has 1 unspecified atom stereocenters. The standard InChI is InChI=1S/C15H13F2NO5/c1-22-14-5-3-10(18(20)21)7-15(14)23-8-13(19)11-4-2-9(16)6-12(11)17/h2-7,13,19H,8H2,1H3. The largest absolute Gasteiger partial charge is 0.493 e. The highest BCUT2D eigenvalue weighted by molar-refractivity contribution is 5.48. The summed E-state index contributed by atoms with van der Waals surface area (Å²) >= 11 is 0. The summed E-state index contributed by atoms with van der Waals surface area (Å²) in [6.45, 7) is -0.389. The zero-order chi connectivity index (χ0) is 17.0. The molecule has 23 heavy (non-hydrogen) atoms. The van der Waals surface area contributed by atoms with Crippen LogP contribution in [0.25, 0.3) is 0 Å².